The van der Waals surface area contributed by atoms with Gasteiger partial charge < -0.3 is 25.0 Å². The number of benzene rings is 1. The number of hydrogen-bond donors (Lipinski definition) is 2. The largest absolute Gasteiger partial charge is 0.387 e. The molecule has 1 amide bonds. The van der Waals surface area contributed by atoms with E-state index in [9.17, 15) is 9.90 Å². The number of carbonyl (C=O) groups excluding carboxylic acids is 1. The molecule has 0 radical (unpaired) electrons. The summed E-state index contributed by atoms with van der Waals surface area (Å²) in [6.45, 7) is 6.81. The van der Waals surface area contributed by atoms with Gasteiger partial charge in [-0.2, -0.15) is 0 Å². The molecule has 2 saturated heterocycles. The molecule has 4 atom stereocenters. The molecule has 9 heteroatoms. The molecular formula is C25H32ClN5O3. The van der Waals surface area contributed by atoms with Crippen molar-refractivity contribution in [2.45, 2.75) is 43.7 Å². The first kappa shape index (κ1) is 23.5. The summed E-state index contributed by atoms with van der Waals surface area (Å²) in [5.74, 6) is 0.979. The molecule has 0 spiro atoms. The summed E-state index contributed by atoms with van der Waals surface area (Å²) < 4.78 is 5.48. The number of fused-ring (bicyclic) bond motifs is 1. The van der Waals surface area contributed by atoms with Crippen molar-refractivity contribution in [3.63, 3.8) is 0 Å². The minimum atomic E-state index is -0.521. The van der Waals surface area contributed by atoms with Gasteiger partial charge in [-0.25, -0.2) is 9.97 Å². The summed E-state index contributed by atoms with van der Waals surface area (Å²) in [5, 5.41) is 14.5. The van der Waals surface area contributed by atoms with Gasteiger partial charge >= 0.3 is 0 Å². The van der Waals surface area contributed by atoms with Gasteiger partial charge in [0.2, 0.25) is 5.91 Å². The zero-order valence-corrected chi connectivity index (χ0v) is 20.2. The van der Waals surface area contributed by atoms with Gasteiger partial charge in [0, 0.05) is 56.0 Å². The van der Waals surface area contributed by atoms with Crippen molar-refractivity contribution in [1.29, 1.82) is 0 Å². The van der Waals surface area contributed by atoms with Crippen molar-refractivity contribution in [1.82, 2.24) is 20.2 Å². The molecule has 1 aliphatic carbocycles. The summed E-state index contributed by atoms with van der Waals surface area (Å²) >= 11 is 6.10. The molecule has 182 valence electrons. The predicted octanol–water partition coefficient (Wildman–Crippen LogP) is 2.48. The number of aliphatic hydroxyl groups is 1. The molecule has 2 N–H and O–H groups in total. The molecule has 1 aromatic heterocycles. The van der Waals surface area contributed by atoms with Crippen LogP contribution in [0.2, 0.25) is 5.02 Å². The van der Waals surface area contributed by atoms with Gasteiger partial charge in [-0.1, -0.05) is 30.7 Å². The lowest BCUT2D eigenvalue weighted by Crippen LogP contribution is -2.51. The number of halogens is 1. The Morgan fingerprint density at radius 3 is 2.71 bits per heavy atom. The van der Waals surface area contributed by atoms with E-state index in [1.54, 1.807) is 6.33 Å². The first-order valence-corrected chi connectivity index (χ1v) is 12.5. The van der Waals surface area contributed by atoms with E-state index >= 15 is 0 Å². The van der Waals surface area contributed by atoms with Crippen molar-refractivity contribution in [2.24, 2.45) is 0 Å². The number of nitrogens with zero attached hydrogens (tertiary/aromatic N) is 4. The van der Waals surface area contributed by atoms with E-state index in [2.05, 4.69) is 27.1 Å². The Bertz CT molecular complexity index is 1010. The lowest BCUT2D eigenvalue weighted by Gasteiger charge is -2.38. The van der Waals surface area contributed by atoms with Crippen molar-refractivity contribution < 1.29 is 14.6 Å². The average molecular weight is 486 g/mol. The van der Waals surface area contributed by atoms with E-state index in [-0.39, 0.29) is 23.8 Å². The van der Waals surface area contributed by atoms with Gasteiger partial charge in [-0.15, -0.1) is 0 Å². The Kier molecular flexibility index (Phi) is 7.01. The summed E-state index contributed by atoms with van der Waals surface area (Å²) in [4.78, 5) is 26.7. The molecule has 1 aromatic carbocycles. The number of nitrogens with one attached hydrogen (secondary N) is 1. The molecule has 2 unspecified atom stereocenters. The normalized spacial score (nSPS) is 25.4. The molecule has 0 bridgehead atoms. The maximum absolute atomic E-state index is 13.7. The molecule has 0 saturated carbocycles. The average Bonchev–Trinajstić information content (AvgIpc) is 3.48. The van der Waals surface area contributed by atoms with Crippen LogP contribution in [0.4, 0.5) is 5.82 Å². The number of anilines is 1. The first-order valence-electron chi connectivity index (χ1n) is 12.1. The van der Waals surface area contributed by atoms with Gasteiger partial charge in [0.1, 0.15) is 12.1 Å². The number of amides is 1. The number of carbonyl (C=O) groups is 1. The number of piperazine rings is 1. The third kappa shape index (κ3) is 4.77. The van der Waals surface area contributed by atoms with Crippen LogP contribution < -0.4 is 10.2 Å². The Hall–Kier alpha value is -2.26. The number of ether oxygens (including phenoxy) is 1. The van der Waals surface area contributed by atoms with E-state index in [1.807, 2.05) is 29.2 Å². The molecule has 5 rings (SSSR count). The highest BCUT2D eigenvalue weighted by Crippen LogP contribution is 2.42. The van der Waals surface area contributed by atoms with Crippen LogP contribution in [0.25, 0.3) is 0 Å². The van der Waals surface area contributed by atoms with Crippen LogP contribution >= 0.6 is 11.6 Å². The molecule has 2 aromatic rings. The molecule has 34 heavy (non-hydrogen) atoms. The molecule has 2 aliphatic heterocycles. The Balaban J connectivity index is 1.28. The zero-order chi connectivity index (χ0) is 23.7. The van der Waals surface area contributed by atoms with Gasteiger partial charge in [-0.3, -0.25) is 4.79 Å². The lowest BCUT2D eigenvalue weighted by atomic mass is 9.96. The van der Waals surface area contributed by atoms with Gasteiger partial charge in [0.15, 0.2) is 0 Å². The summed E-state index contributed by atoms with van der Waals surface area (Å²) in [7, 11) is 0. The minimum absolute atomic E-state index is 0.130. The molecule has 2 fully saturated rings. The predicted molar refractivity (Wildman–Crippen MR) is 130 cm³/mol. The number of rotatable bonds is 6. The SMILES string of the molecule is CC1CC(O)c2ncnc(N3CCN(C(=O)[C@H](CN[C@@H]4CCOC4)c4ccc(Cl)cc4)CC3)c21. The van der Waals surface area contributed by atoms with E-state index in [0.29, 0.717) is 50.8 Å². The monoisotopic (exact) mass is 485 g/mol. The number of aliphatic hydroxyl groups excluding tert-OH is 1. The molecule has 3 aliphatic rings. The number of aromatic nitrogens is 2. The fraction of sp³-hybridized carbons (Fsp3) is 0.560. The summed E-state index contributed by atoms with van der Waals surface area (Å²) in [6.07, 6.45) is 2.67. The second-order valence-corrected chi connectivity index (χ2v) is 9.97. The fourth-order valence-electron chi connectivity index (χ4n) is 5.34. The van der Waals surface area contributed by atoms with E-state index < -0.39 is 6.10 Å². The maximum Gasteiger partial charge on any atom is 0.231 e. The summed E-state index contributed by atoms with van der Waals surface area (Å²) in [6, 6.07) is 7.88. The van der Waals surface area contributed by atoms with Crippen LogP contribution in [0.5, 0.6) is 0 Å². The van der Waals surface area contributed by atoms with Crippen molar-refractivity contribution in [2.75, 3.05) is 50.8 Å². The first-order chi connectivity index (χ1) is 16.5. The quantitative estimate of drug-likeness (QED) is 0.649. The van der Waals surface area contributed by atoms with Crippen LogP contribution in [0.3, 0.4) is 0 Å². The van der Waals surface area contributed by atoms with Crippen molar-refractivity contribution in [3.8, 4) is 0 Å². The fourth-order valence-corrected chi connectivity index (χ4v) is 5.46. The van der Waals surface area contributed by atoms with Crippen LogP contribution in [0, 0.1) is 0 Å². The Morgan fingerprint density at radius 2 is 2.00 bits per heavy atom. The zero-order valence-electron chi connectivity index (χ0n) is 19.5. The number of hydrogen-bond acceptors (Lipinski definition) is 7. The smallest absolute Gasteiger partial charge is 0.231 e. The highest BCUT2D eigenvalue weighted by atomic mass is 35.5. The highest BCUT2D eigenvalue weighted by molar-refractivity contribution is 6.30. The third-order valence-electron chi connectivity index (χ3n) is 7.28. The minimum Gasteiger partial charge on any atom is -0.387 e. The highest BCUT2D eigenvalue weighted by Gasteiger charge is 2.35. The van der Waals surface area contributed by atoms with Crippen LogP contribution in [-0.2, 0) is 9.53 Å². The van der Waals surface area contributed by atoms with Crippen LogP contribution in [0.1, 0.15) is 54.5 Å². The van der Waals surface area contributed by atoms with Gasteiger partial charge in [0.25, 0.3) is 0 Å². The Morgan fingerprint density at radius 1 is 1.24 bits per heavy atom. The molecular weight excluding hydrogens is 454 g/mol. The van der Waals surface area contributed by atoms with E-state index in [0.717, 1.165) is 35.7 Å². The van der Waals surface area contributed by atoms with Crippen LogP contribution in [0.15, 0.2) is 30.6 Å². The molecule has 3 heterocycles. The second kappa shape index (κ2) is 10.2. The van der Waals surface area contributed by atoms with Crippen molar-refractivity contribution >= 4 is 23.3 Å². The third-order valence-corrected chi connectivity index (χ3v) is 7.53. The summed E-state index contributed by atoms with van der Waals surface area (Å²) in [5.41, 5.74) is 2.78. The van der Waals surface area contributed by atoms with Crippen molar-refractivity contribution in [3.05, 3.63) is 52.4 Å². The second-order valence-electron chi connectivity index (χ2n) is 9.53. The Labute approximate surface area is 205 Å². The lowest BCUT2D eigenvalue weighted by molar-refractivity contribution is -0.133. The van der Waals surface area contributed by atoms with Gasteiger partial charge in [0.05, 0.1) is 24.3 Å². The standard InChI is InChI=1S/C25H32ClN5O3/c1-16-12-21(32)23-22(16)24(29-15-28-23)30-7-9-31(10-8-30)25(33)20(13-27-19-6-11-34-14-19)17-2-4-18(26)5-3-17/h2-5,15-16,19-21,27,32H,6-14H2,1H3/t16?,19-,20-,21?/m1/s1. The van der Waals surface area contributed by atoms with Gasteiger partial charge in [-0.05, 0) is 36.5 Å². The van der Waals surface area contributed by atoms with Crippen LogP contribution in [-0.4, -0.2) is 77.9 Å². The maximum atomic E-state index is 13.7. The van der Waals surface area contributed by atoms with E-state index in [1.165, 1.54) is 0 Å². The van der Waals surface area contributed by atoms with E-state index in [4.69, 9.17) is 16.3 Å². The topological polar surface area (TPSA) is 90.8 Å². The molecule has 8 nitrogen and oxygen atoms in total.